The van der Waals surface area contributed by atoms with Gasteiger partial charge in [-0.1, -0.05) is 73.7 Å². The van der Waals surface area contributed by atoms with Crippen molar-refractivity contribution in [1.82, 2.24) is 10.2 Å². The molecule has 3 atom stereocenters. The number of rotatable bonds is 5. The van der Waals surface area contributed by atoms with Crippen molar-refractivity contribution in [3.8, 4) is 0 Å². The number of likely N-dealkylation sites (tertiary alicyclic amines) is 1. The number of allylic oxidation sites excluding steroid dienone is 1. The highest BCUT2D eigenvalue weighted by Gasteiger charge is 2.35. The summed E-state index contributed by atoms with van der Waals surface area (Å²) in [7, 11) is 0. The molecule has 1 aromatic heterocycles. The number of amides is 3. The Morgan fingerprint density at radius 3 is 2.30 bits per heavy atom. The van der Waals surface area contributed by atoms with Gasteiger partial charge >= 0.3 is 0 Å². The van der Waals surface area contributed by atoms with Crippen LogP contribution in [0.15, 0.2) is 94.3 Å². The number of furan rings is 1. The topological polar surface area (TPSA) is 129 Å². The standard InChI is InChI=1S/C26H28N2O3S.C6H6.C2H5N.CH3NO/c1-16-12-24(32-15-16)17(2)27-26(30)21-7-5-11-28(21)25(29)14-18-9-10-23-20(13-18)19-6-3-4-8-22(19)31-23;1-2-4-6-5-3-1;1-2-3;2-1-3/h3-4,6,8-10,12-13,16-17,21H,5,7,11,14-15H2,1-2H3,(H,27,30);1-6H;2-3H,1H3;1H,(H2,2,3)/t16?,17-,21?;;;/m1.../s1. The van der Waals surface area contributed by atoms with Crippen molar-refractivity contribution < 1.29 is 18.8 Å². The number of nitrogens with zero attached hydrogens (tertiary/aromatic N) is 1. The van der Waals surface area contributed by atoms with Gasteiger partial charge in [0.25, 0.3) is 0 Å². The van der Waals surface area contributed by atoms with Crippen molar-refractivity contribution in [2.75, 3.05) is 12.3 Å². The van der Waals surface area contributed by atoms with Gasteiger partial charge in [-0.05, 0) is 62.6 Å². The Labute approximate surface area is 263 Å². The number of hydrogen-bond donors (Lipinski definition) is 3. The molecule has 3 amide bonds. The van der Waals surface area contributed by atoms with Gasteiger partial charge in [-0.15, -0.1) is 11.8 Å². The number of thioether (sulfide) groups is 1. The van der Waals surface area contributed by atoms with Gasteiger partial charge in [-0.3, -0.25) is 14.4 Å². The molecule has 2 unspecified atom stereocenters. The van der Waals surface area contributed by atoms with E-state index in [1.165, 1.54) is 11.1 Å². The molecule has 8 nitrogen and oxygen atoms in total. The molecule has 4 aromatic rings. The zero-order valence-corrected chi connectivity index (χ0v) is 26.4. The highest BCUT2D eigenvalue weighted by molar-refractivity contribution is 8.03. The predicted molar refractivity (Wildman–Crippen MR) is 181 cm³/mol. The highest BCUT2D eigenvalue weighted by Crippen LogP contribution is 2.32. The molecule has 1 saturated heterocycles. The van der Waals surface area contributed by atoms with Gasteiger partial charge in [-0.2, -0.15) is 0 Å². The first-order chi connectivity index (χ1) is 21.3. The van der Waals surface area contributed by atoms with E-state index in [1.807, 2.05) is 97.5 Å². The van der Waals surface area contributed by atoms with Crippen LogP contribution >= 0.6 is 11.8 Å². The first-order valence-corrected chi connectivity index (χ1v) is 15.8. The van der Waals surface area contributed by atoms with Crippen LogP contribution in [0.3, 0.4) is 0 Å². The molecule has 44 heavy (non-hydrogen) atoms. The summed E-state index contributed by atoms with van der Waals surface area (Å²) in [5.41, 5.74) is 6.78. The second-order valence-electron chi connectivity index (χ2n) is 10.5. The predicted octanol–water partition coefficient (Wildman–Crippen LogP) is 6.33. The smallest absolute Gasteiger partial charge is 0.243 e. The minimum Gasteiger partial charge on any atom is -0.456 e. The molecule has 2 aliphatic heterocycles. The number of hydrogen-bond acceptors (Lipinski definition) is 6. The van der Waals surface area contributed by atoms with E-state index in [9.17, 15) is 9.59 Å². The Balaban J connectivity index is 0.000000374. The van der Waals surface area contributed by atoms with Gasteiger partial charge in [0.1, 0.15) is 17.2 Å². The highest BCUT2D eigenvalue weighted by atomic mass is 32.2. The first-order valence-electron chi connectivity index (χ1n) is 14.8. The molecule has 0 aliphatic carbocycles. The number of fused-ring (bicyclic) bond motifs is 3. The molecule has 2 aliphatic rings. The summed E-state index contributed by atoms with van der Waals surface area (Å²) in [6.45, 7) is 6.52. The lowest BCUT2D eigenvalue weighted by Gasteiger charge is -2.26. The molecular formula is C35H42N4O4S. The normalized spacial score (nSPS) is 17.5. The molecule has 9 heteroatoms. The molecule has 232 valence electrons. The SMILES string of the molecule is CC1C=C([C@@H](C)NC(=O)C2CCCN2C(=O)Cc2ccc3oc4ccccc4c3c2)SC1.CC=N.NC=O.c1ccccc1. The Hall–Kier alpha value is -4.37. The minimum atomic E-state index is -0.382. The molecular weight excluding hydrogens is 572 g/mol. The quantitative estimate of drug-likeness (QED) is 0.179. The fourth-order valence-electron chi connectivity index (χ4n) is 5.14. The Morgan fingerprint density at radius 2 is 1.68 bits per heavy atom. The number of benzene rings is 3. The summed E-state index contributed by atoms with van der Waals surface area (Å²) in [6.07, 6.45) is 5.60. The number of nitrogens with two attached hydrogens (primary N) is 1. The third kappa shape index (κ3) is 9.57. The van der Waals surface area contributed by atoms with Crippen molar-refractivity contribution in [2.24, 2.45) is 11.7 Å². The molecule has 0 radical (unpaired) electrons. The van der Waals surface area contributed by atoms with E-state index in [1.54, 1.807) is 11.8 Å². The van der Waals surface area contributed by atoms with E-state index in [-0.39, 0.29) is 36.7 Å². The van der Waals surface area contributed by atoms with Gasteiger partial charge in [0.2, 0.25) is 18.2 Å². The summed E-state index contributed by atoms with van der Waals surface area (Å²) in [5.74, 6) is 1.58. The zero-order valence-electron chi connectivity index (χ0n) is 25.6. The zero-order chi connectivity index (χ0) is 31.9. The van der Waals surface area contributed by atoms with Crippen molar-refractivity contribution in [3.63, 3.8) is 0 Å². The number of nitrogens with one attached hydrogen (secondary N) is 2. The lowest BCUT2D eigenvalue weighted by molar-refractivity contribution is -0.138. The van der Waals surface area contributed by atoms with Crippen LogP contribution in [0.2, 0.25) is 0 Å². The number of carbonyl (C=O) groups is 3. The summed E-state index contributed by atoms with van der Waals surface area (Å²) < 4.78 is 5.89. The van der Waals surface area contributed by atoms with Gasteiger partial charge in [0.15, 0.2) is 0 Å². The molecule has 6 rings (SSSR count). The fourth-order valence-corrected chi connectivity index (χ4v) is 6.33. The van der Waals surface area contributed by atoms with E-state index in [2.05, 4.69) is 24.1 Å². The Kier molecular flexibility index (Phi) is 13.7. The summed E-state index contributed by atoms with van der Waals surface area (Å²) in [4.78, 5) is 37.7. The van der Waals surface area contributed by atoms with Crippen LogP contribution in [-0.4, -0.2) is 53.7 Å². The lowest BCUT2D eigenvalue weighted by atomic mass is 10.1. The summed E-state index contributed by atoms with van der Waals surface area (Å²) in [6, 6.07) is 25.5. The average molecular weight is 615 g/mol. The van der Waals surface area contributed by atoms with Crippen molar-refractivity contribution in [1.29, 1.82) is 5.41 Å². The largest absolute Gasteiger partial charge is 0.456 e. The second-order valence-corrected chi connectivity index (χ2v) is 11.6. The molecule has 3 aromatic carbocycles. The monoisotopic (exact) mass is 614 g/mol. The third-order valence-corrected chi connectivity index (χ3v) is 8.60. The minimum absolute atomic E-state index is 0.00512. The fraction of sp³-hybridized carbons (Fsp3) is 0.314. The molecule has 1 fully saturated rings. The van der Waals surface area contributed by atoms with Crippen LogP contribution in [0.1, 0.15) is 39.2 Å². The van der Waals surface area contributed by atoms with Gasteiger partial charge < -0.3 is 25.8 Å². The van der Waals surface area contributed by atoms with Gasteiger partial charge in [-0.25, -0.2) is 0 Å². The lowest BCUT2D eigenvalue weighted by Crippen LogP contribution is -2.48. The van der Waals surface area contributed by atoms with Gasteiger partial charge in [0, 0.05) is 28.0 Å². The van der Waals surface area contributed by atoms with Crippen LogP contribution in [0, 0.1) is 11.3 Å². The van der Waals surface area contributed by atoms with Crippen LogP contribution < -0.4 is 11.1 Å². The Morgan fingerprint density at radius 1 is 1.07 bits per heavy atom. The summed E-state index contributed by atoms with van der Waals surface area (Å²) in [5, 5.41) is 11.3. The third-order valence-electron chi connectivity index (χ3n) is 7.09. The average Bonchev–Trinajstić information content (AvgIpc) is 3.78. The van der Waals surface area contributed by atoms with E-state index in [0.717, 1.165) is 46.1 Å². The number of primary amides is 1. The molecule has 4 N–H and O–H groups in total. The van der Waals surface area contributed by atoms with E-state index < -0.39 is 0 Å². The maximum absolute atomic E-state index is 13.2. The summed E-state index contributed by atoms with van der Waals surface area (Å²) >= 11 is 1.81. The van der Waals surface area contributed by atoms with Crippen molar-refractivity contribution in [2.45, 2.75) is 52.1 Å². The van der Waals surface area contributed by atoms with Gasteiger partial charge in [0.05, 0.1) is 12.5 Å². The van der Waals surface area contributed by atoms with E-state index in [4.69, 9.17) is 14.6 Å². The van der Waals surface area contributed by atoms with Crippen LogP contribution in [0.25, 0.3) is 21.9 Å². The second kappa shape index (κ2) is 17.7. The number of para-hydroxylation sites is 1. The van der Waals surface area contributed by atoms with Crippen LogP contribution in [0.5, 0.6) is 0 Å². The molecule has 0 bridgehead atoms. The Bertz CT molecular complexity index is 1520. The van der Waals surface area contributed by atoms with Crippen LogP contribution in [-0.2, 0) is 20.8 Å². The maximum Gasteiger partial charge on any atom is 0.243 e. The maximum atomic E-state index is 13.2. The van der Waals surface area contributed by atoms with Crippen molar-refractivity contribution in [3.05, 3.63) is 95.4 Å². The van der Waals surface area contributed by atoms with E-state index in [0.29, 0.717) is 12.5 Å². The molecule has 0 spiro atoms. The molecule has 3 heterocycles. The van der Waals surface area contributed by atoms with E-state index >= 15 is 0 Å². The molecule has 0 saturated carbocycles. The van der Waals surface area contributed by atoms with Crippen LogP contribution in [0.4, 0.5) is 0 Å². The number of carbonyl (C=O) groups excluding carboxylic acids is 3. The van der Waals surface area contributed by atoms with Crippen molar-refractivity contribution >= 4 is 58.1 Å². The first kappa shape index (κ1) is 34.1.